The van der Waals surface area contributed by atoms with Gasteiger partial charge in [-0.3, -0.25) is 4.79 Å². The van der Waals surface area contributed by atoms with Crippen molar-refractivity contribution in [2.45, 2.75) is 13.8 Å². The Hall–Kier alpha value is -2.49. The van der Waals surface area contributed by atoms with Gasteiger partial charge >= 0.3 is 0 Å². The summed E-state index contributed by atoms with van der Waals surface area (Å²) in [5.41, 5.74) is 1.83. The molecule has 0 aliphatic carbocycles. The van der Waals surface area contributed by atoms with Crippen LogP contribution in [0.1, 0.15) is 19.4 Å². The number of hydrogen-bond acceptors (Lipinski definition) is 3. The van der Waals surface area contributed by atoms with Crippen molar-refractivity contribution in [2.24, 2.45) is 0 Å². The molecule has 23 heavy (non-hydrogen) atoms. The maximum absolute atomic E-state index is 12.2. The van der Waals surface area contributed by atoms with Crippen LogP contribution in [0.4, 0.5) is 0 Å². The van der Waals surface area contributed by atoms with E-state index in [9.17, 15) is 4.79 Å². The van der Waals surface area contributed by atoms with E-state index >= 15 is 0 Å². The summed E-state index contributed by atoms with van der Waals surface area (Å²) < 4.78 is 10.8. The van der Waals surface area contributed by atoms with Crippen LogP contribution in [0, 0.1) is 0 Å². The third kappa shape index (κ3) is 6.02. The highest BCUT2D eigenvalue weighted by Crippen LogP contribution is 2.28. The number of benzene rings is 1. The zero-order chi connectivity index (χ0) is 17.2. The van der Waals surface area contributed by atoms with Gasteiger partial charge in [-0.15, -0.1) is 0 Å². The quantitative estimate of drug-likeness (QED) is 0.515. The predicted octanol–water partition coefficient (Wildman–Crippen LogP) is 3.70. The van der Waals surface area contributed by atoms with Crippen LogP contribution in [0.15, 0.2) is 49.1 Å². The van der Waals surface area contributed by atoms with Gasteiger partial charge in [-0.25, -0.2) is 0 Å². The van der Waals surface area contributed by atoms with Crippen molar-refractivity contribution in [3.8, 4) is 11.5 Å². The van der Waals surface area contributed by atoms with Crippen molar-refractivity contribution in [3.05, 3.63) is 54.6 Å². The Morgan fingerprint density at radius 2 is 2.09 bits per heavy atom. The molecule has 0 spiro atoms. The van der Waals surface area contributed by atoms with Crippen LogP contribution in [-0.2, 0) is 4.79 Å². The average molecular weight is 315 g/mol. The Bertz CT molecular complexity index is 590. The summed E-state index contributed by atoms with van der Waals surface area (Å²) in [7, 11) is 1.58. The first-order chi connectivity index (χ1) is 11.0. The highest BCUT2D eigenvalue weighted by atomic mass is 16.5. The summed E-state index contributed by atoms with van der Waals surface area (Å²) in [5, 5.41) is 0. The molecule has 1 aromatic rings. The second kappa shape index (κ2) is 9.51. The Morgan fingerprint density at radius 3 is 2.65 bits per heavy atom. The second-order valence-corrected chi connectivity index (χ2v) is 5.15. The molecule has 0 saturated heterocycles. The smallest absolute Gasteiger partial charge is 0.246 e. The number of rotatable bonds is 9. The lowest BCUT2D eigenvalue weighted by atomic mass is 10.2. The summed E-state index contributed by atoms with van der Waals surface area (Å²) in [5.74, 6) is 1.23. The number of likely N-dealkylation sites (N-methyl/N-ethyl adjacent to an activating group) is 1. The van der Waals surface area contributed by atoms with Crippen LogP contribution in [-0.4, -0.2) is 37.6 Å². The molecule has 0 unspecified atom stereocenters. The van der Waals surface area contributed by atoms with E-state index in [0.717, 1.165) is 11.1 Å². The molecule has 0 aromatic heterocycles. The molecule has 0 saturated carbocycles. The molecule has 4 nitrogen and oxygen atoms in total. The van der Waals surface area contributed by atoms with Gasteiger partial charge in [-0.1, -0.05) is 30.9 Å². The number of hydrogen-bond donors (Lipinski definition) is 0. The maximum Gasteiger partial charge on any atom is 0.246 e. The van der Waals surface area contributed by atoms with Crippen LogP contribution < -0.4 is 9.47 Å². The zero-order valence-electron chi connectivity index (χ0n) is 14.2. The highest BCUT2D eigenvalue weighted by molar-refractivity contribution is 5.92. The fourth-order valence-corrected chi connectivity index (χ4v) is 2.00. The minimum absolute atomic E-state index is 0.0403. The number of nitrogens with zero attached hydrogens (tertiary/aromatic N) is 1. The van der Waals surface area contributed by atoms with E-state index in [-0.39, 0.29) is 5.91 Å². The van der Waals surface area contributed by atoms with Crippen LogP contribution in [0.3, 0.4) is 0 Å². The first-order valence-electron chi connectivity index (χ1n) is 7.54. The topological polar surface area (TPSA) is 38.8 Å². The normalized spacial score (nSPS) is 10.4. The molecular weight excluding hydrogens is 290 g/mol. The summed E-state index contributed by atoms with van der Waals surface area (Å²) >= 11 is 0. The molecule has 124 valence electrons. The molecule has 1 aromatic carbocycles. The van der Waals surface area contributed by atoms with Crippen molar-refractivity contribution in [1.29, 1.82) is 0 Å². The van der Waals surface area contributed by atoms with Crippen LogP contribution in [0.5, 0.6) is 11.5 Å². The molecule has 1 amide bonds. The van der Waals surface area contributed by atoms with E-state index in [1.807, 2.05) is 32.0 Å². The van der Waals surface area contributed by atoms with E-state index in [4.69, 9.17) is 9.47 Å². The fourth-order valence-electron chi connectivity index (χ4n) is 2.00. The van der Waals surface area contributed by atoms with E-state index in [0.29, 0.717) is 31.2 Å². The summed E-state index contributed by atoms with van der Waals surface area (Å²) in [6, 6.07) is 5.52. The lowest BCUT2D eigenvalue weighted by Gasteiger charge is -2.18. The van der Waals surface area contributed by atoms with Crippen LogP contribution >= 0.6 is 0 Å². The molecule has 0 atom stereocenters. The van der Waals surface area contributed by atoms with Gasteiger partial charge < -0.3 is 14.4 Å². The van der Waals surface area contributed by atoms with Gasteiger partial charge in [-0.2, -0.15) is 0 Å². The van der Waals surface area contributed by atoms with E-state index in [2.05, 4.69) is 13.2 Å². The molecule has 0 bridgehead atoms. The van der Waals surface area contributed by atoms with Gasteiger partial charge in [0, 0.05) is 19.2 Å². The third-order valence-electron chi connectivity index (χ3n) is 3.12. The van der Waals surface area contributed by atoms with Crippen LogP contribution in [0.25, 0.3) is 6.08 Å². The molecule has 4 heteroatoms. The number of carbonyl (C=O) groups excluding carboxylic acids is 1. The Kier molecular flexibility index (Phi) is 7.67. The van der Waals surface area contributed by atoms with Gasteiger partial charge in [0.25, 0.3) is 0 Å². The van der Waals surface area contributed by atoms with Crippen molar-refractivity contribution >= 4 is 12.0 Å². The summed E-state index contributed by atoms with van der Waals surface area (Å²) in [6.07, 6.45) is 5.00. The zero-order valence-corrected chi connectivity index (χ0v) is 14.2. The van der Waals surface area contributed by atoms with Gasteiger partial charge in [0.2, 0.25) is 5.91 Å². The maximum atomic E-state index is 12.2. The lowest BCUT2D eigenvalue weighted by Crippen LogP contribution is -2.30. The average Bonchev–Trinajstić information content (AvgIpc) is 2.55. The molecule has 0 N–H and O–H groups in total. The first kappa shape index (κ1) is 18.6. The molecule has 1 rings (SSSR count). The van der Waals surface area contributed by atoms with E-state index in [1.54, 1.807) is 30.2 Å². The molecule has 0 aliphatic heterocycles. The standard InChI is InChI=1S/C19H25NO3/c1-6-12-23-17-10-8-16(13-18(17)22-5)9-11-19(21)20(7-2)14-15(3)4/h6,8-11,13H,1,3,7,12,14H2,2,4-5H3/b11-9+. The number of ether oxygens (including phenoxy) is 2. The Balaban J connectivity index is 2.84. The Labute approximate surface area is 138 Å². The van der Waals surface area contributed by atoms with Crippen LogP contribution in [0.2, 0.25) is 0 Å². The van der Waals surface area contributed by atoms with Gasteiger partial charge in [-0.05, 0) is 37.6 Å². The summed E-state index contributed by atoms with van der Waals surface area (Å²) in [4.78, 5) is 13.9. The lowest BCUT2D eigenvalue weighted by molar-refractivity contribution is -0.125. The largest absolute Gasteiger partial charge is 0.493 e. The highest BCUT2D eigenvalue weighted by Gasteiger charge is 2.08. The minimum atomic E-state index is -0.0403. The van der Waals surface area contributed by atoms with Crippen molar-refractivity contribution in [2.75, 3.05) is 26.8 Å². The molecule has 0 heterocycles. The predicted molar refractivity (Wildman–Crippen MR) is 94.8 cm³/mol. The number of methoxy groups -OCH3 is 1. The third-order valence-corrected chi connectivity index (χ3v) is 3.12. The van der Waals surface area contributed by atoms with E-state index in [1.165, 1.54) is 0 Å². The van der Waals surface area contributed by atoms with Crippen molar-refractivity contribution < 1.29 is 14.3 Å². The molecule has 0 fully saturated rings. The fraction of sp³-hybridized carbons (Fsp3) is 0.316. The Morgan fingerprint density at radius 1 is 1.35 bits per heavy atom. The van der Waals surface area contributed by atoms with Crippen molar-refractivity contribution in [3.63, 3.8) is 0 Å². The minimum Gasteiger partial charge on any atom is -0.493 e. The number of amides is 1. The van der Waals surface area contributed by atoms with Gasteiger partial charge in [0.1, 0.15) is 6.61 Å². The summed E-state index contributed by atoms with van der Waals surface area (Å²) in [6.45, 7) is 12.9. The number of carbonyl (C=O) groups is 1. The second-order valence-electron chi connectivity index (χ2n) is 5.15. The van der Waals surface area contributed by atoms with Gasteiger partial charge in [0.05, 0.1) is 7.11 Å². The van der Waals surface area contributed by atoms with E-state index < -0.39 is 0 Å². The monoisotopic (exact) mass is 315 g/mol. The SMILES string of the molecule is C=CCOc1ccc(/C=C/C(=O)N(CC)CC(=C)C)cc1OC. The van der Waals surface area contributed by atoms with Crippen molar-refractivity contribution in [1.82, 2.24) is 4.90 Å². The molecule has 0 aliphatic rings. The molecule has 0 radical (unpaired) electrons. The molecular formula is C19H25NO3. The van der Waals surface area contributed by atoms with Gasteiger partial charge in [0.15, 0.2) is 11.5 Å². The first-order valence-corrected chi connectivity index (χ1v) is 7.54.